The van der Waals surface area contributed by atoms with Crippen LogP contribution < -0.4 is 9.16 Å². The van der Waals surface area contributed by atoms with E-state index >= 15 is 0 Å². The van der Waals surface area contributed by atoms with Crippen LogP contribution in [0.2, 0.25) is 21.6 Å². The highest BCUT2D eigenvalue weighted by molar-refractivity contribution is 6.78. The molecule has 0 saturated carbocycles. The van der Waals surface area contributed by atoms with Crippen molar-refractivity contribution in [3.05, 3.63) is 58.6 Å². The van der Waals surface area contributed by atoms with Crippen LogP contribution in [0.1, 0.15) is 52.7 Å². The van der Waals surface area contributed by atoms with E-state index in [0.29, 0.717) is 45.3 Å². The molecule has 0 aliphatic rings. The molecule has 1 N–H and O–H groups in total. The third kappa shape index (κ3) is 5.34. The molecule has 29 heavy (non-hydrogen) atoms. The van der Waals surface area contributed by atoms with Gasteiger partial charge in [-0.3, -0.25) is 0 Å². The minimum atomic E-state index is -2.13. The number of halogens is 1. The first-order chi connectivity index (χ1) is 13.7. The maximum absolute atomic E-state index is 9.15. The summed E-state index contributed by atoms with van der Waals surface area (Å²) in [6.07, 6.45) is 1.34. The minimum Gasteiger partial charge on any atom is -0.543 e. The Morgan fingerprint density at radius 2 is 1.59 bits per heavy atom. The second-order valence-electron chi connectivity index (χ2n) is 8.26. The Morgan fingerprint density at radius 1 is 1.00 bits per heavy atom. The zero-order valence-electron chi connectivity index (χ0n) is 18.1. The van der Waals surface area contributed by atoms with Gasteiger partial charge in [0.05, 0.1) is 11.2 Å². The van der Waals surface area contributed by atoms with Crippen molar-refractivity contribution in [2.24, 2.45) is 5.16 Å². The quantitative estimate of drug-likeness (QED) is 0.195. The van der Waals surface area contributed by atoms with Gasteiger partial charge in [0.25, 0.3) is 8.32 Å². The van der Waals surface area contributed by atoms with E-state index in [2.05, 4.69) is 46.7 Å². The molecule has 0 aliphatic carbocycles. The largest absolute Gasteiger partial charge is 0.543 e. The highest BCUT2D eigenvalue weighted by atomic mass is 35.5. The third-order valence-electron chi connectivity index (χ3n) is 5.47. The van der Waals surface area contributed by atoms with Crippen LogP contribution in [0.25, 0.3) is 0 Å². The van der Waals surface area contributed by atoms with E-state index in [1.807, 2.05) is 42.5 Å². The summed E-state index contributed by atoms with van der Waals surface area (Å²) in [6.45, 7) is 13.8. The van der Waals surface area contributed by atoms with E-state index < -0.39 is 8.32 Å². The molecule has 2 aromatic rings. The fraction of sp³-hybridized carbons (Fsp3) is 0.435. The van der Waals surface area contributed by atoms with E-state index in [9.17, 15) is 0 Å². The average molecular weight is 434 g/mol. The highest BCUT2D eigenvalue weighted by Crippen LogP contribution is 2.44. The van der Waals surface area contributed by atoms with Crippen LogP contribution in [-0.4, -0.2) is 19.7 Å². The van der Waals surface area contributed by atoms with Crippen LogP contribution in [-0.2, 0) is 6.61 Å². The topological polar surface area (TPSA) is 51.0 Å². The summed E-state index contributed by atoms with van der Waals surface area (Å²) in [5.41, 5.74) is 2.92. The zero-order valence-corrected chi connectivity index (χ0v) is 19.9. The van der Waals surface area contributed by atoms with Gasteiger partial charge in [-0.15, -0.1) is 0 Å². The summed E-state index contributed by atoms with van der Waals surface area (Å²) >= 11 is 6.57. The van der Waals surface area contributed by atoms with Crippen molar-refractivity contribution < 1.29 is 14.4 Å². The van der Waals surface area contributed by atoms with Crippen molar-refractivity contribution in [1.29, 1.82) is 0 Å². The SMILES string of the molecule is CC(C)[Si](Oc1cc(Cl)c(OCc2ccccc2)c(/C=N/O)c1)(C(C)C)C(C)C. The molecule has 0 fully saturated rings. The zero-order chi connectivity index (χ0) is 21.6. The Kier molecular flexibility index (Phi) is 8.17. The van der Waals surface area contributed by atoms with Crippen molar-refractivity contribution in [3.8, 4) is 11.5 Å². The Bertz CT molecular complexity index is 801. The number of hydrogen-bond donors (Lipinski definition) is 1. The molecule has 0 aromatic heterocycles. The van der Waals surface area contributed by atoms with E-state index in [1.165, 1.54) is 6.21 Å². The summed E-state index contributed by atoms with van der Waals surface area (Å²) in [5, 5.41) is 12.8. The van der Waals surface area contributed by atoms with Gasteiger partial charge in [-0.05, 0) is 28.3 Å². The van der Waals surface area contributed by atoms with Crippen LogP contribution in [0.3, 0.4) is 0 Å². The molecule has 0 unspecified atom stereocenters. The average Bonchev–Trinajstić information content (AvgIpc) is 2.65. The lowest BCUT2D eigenvalue weighted by Crippen LogP contribution is -2.50. The molecule has 0 heterocycles. The van der Waals surface area contributed by atoms with Crippen molar-refractivity contribution >= 4 is 26.1 Å². The summed E-state index contributed by atoms with van der Waals surface area (Å²) in [4.78, 5) is 0. The second-order valence-corrected chi connectivity index (χ2v) is 14.0. The summed E-state index contributed by atoms with van der Waals surface area (Å²) in [7, 11) is -2.13. The van der Waals surface area contributed by atoms with Crippen LogP contribution in [0.4, 0.5) is 0 Å². The van der Waals surface area contributed by atoms with Crippen LogP contribution >= 0.6 is 11.6 Å². The molecular formula is C23H32ClNO3Si. The lowest BCUT2D eigenvalue weighted by molar-refractivity contribution is 0.304. The smallest absolute Gasteiger partial charge is 0.258 e. The number of nitrogens with zero attached hydrogens (tertiary/aromatic N) is 1. The Labute approximate surface area is 180 Å². The number of ether oxygens (including phenoxy) is 1. The fourth-order valence-electron chi connectivity index (χ4n) is 4.25. The second kappa shape index (κ2) is 10.2. The van der Waals surface area contributed by atoms with Gasteiger partial charge in [0.1, 0.15) is 18.1 Å². The molecule has 4 nitrogen and oxygen atoms in total. The molecule has 0 amide bonds. The summed E-state index contributed by atoms with van der Waals surface area (Å²) in [5.74, 6) is 1.17. The first kappa shape index (κ1) is 23.3. The van der Waals surface area contributed by atoms with Gasteiger partial charge in [-0.2, -0.15) is 0 Å². The molecule has 158 valence electrons. The molecule has 0 spiro atoms. The Morgan fingerprint density at radius 3 is 2.10 bits per heavy atom. The Hall–Kier alpha value is -1.98. The van der Waals surface area contributed by atoms with E-state index in [-0.39, 0.29) is 0 Å². The van der Waals surface area contributed by atoms with Crippen LogP contribution in [0.15, 0.2) is 47.6 Å². The van der Waals surface area contributed by atoms with E-state index in [4.69, 9.17) is 26.0 Å². The Balaban J connectivity index is 2.40. The highest BCUT2D eigenvalue weighted by Gasteiger charge is 2.47. The van der Waals surface area contributed by atoms with Gasteiger partial charge >= 0.3 is 0 Å². The maximum atomic E-state index is 9.15. The fourth-order valence-corrected chi connectivity index (χ4v) is 9.75. The standard InChI is InChI=1S/C23H32ClNO3Si/c1-16(2)29(17(3)4,18(5)6)28-21-12-20(14-25-26)23(22(24)13-21)27-15-19-10-8-7-9-11-19/h7-14,16-18,26H,15H2,1-6H3/b25-14+. The van der Waals surface area contributed by atoms with Crippen molar-refractivity contribution in [3.63, 3.8) is 0 Å². The molecule has 0 bridgehead atoms. The summed E-state index contributed by atoms with van der Waals surface area (Å²) < 4.78 is 12.7. The maximum Gasteiger partial charge on any atom is 0.258 e. The first-order valence-corrected chi connectivity index (χ1v) is 12.6. The molecular weight excluding hydrogens is 402 g/mol. The van der Waals surface area contributed by atoms with Crippen molar-refractivity contribution in [2.45, 2.75) is 64.8 Å². The van der Waals surface area contributed by atoms with Crippen LogP contribution in [0.5, 0.6) is 11.5 Å². The number of hydrogen-bond acceptors (Lipinski definition) is 4. The summed E-state index contributed by atoms with van der Waals surface area (Å²) in [6, 6.07) is 13.5. The molecule has 0 atom stereocenters. The molecule has 0 aliphatic heterocycles. The first-order valence-electron chi connectivity index (χ1n) is 10.1. The minimum absolute atomic E-state index is 0.371. The third-order valence-corrected chi connectivity index (χ3v) is 11.8. The molecule has 2 aromatic carbocycles. The van der Waals surface area contributed by atoms with Crippen LogP contribution in [0, 0.1) is 0 Å². The van der Waals surface area contributed by atoms with Gasteiger partial charge in [0.2, 0.25) is 0 Å². The van der Waals surface area contributed by atoms with Gasteiger partial charge in [-0.25, -0.2) is 0 Å². The van der Waals surface area contributed by atoms with Gasteiger partial charge < -0.3 is 14.4 Å². The lowest BCUT2D eigenvalue weighted by atomic mass is 10.2. The van der Waals surface area contributed by atoms with Crippen molar-refractivity contribution in [2.75, 3.05) is 0 Å². The van der Waals surface area contributed by atoms with Gasteiger partial charge in [0, 0.05) is 11.6 Å². The molecule has 6 heteroatoms. The number of rotatable bonds is 9. The molecule has 2 rings (SSSR count). The van der Waals surface area contributed by atoms with Gasteiger partial charge in [-0.1, -0.05) is 88.6 Å². The number of benzene rings is 2. The van der Waals surface area contributed by atoms with Gasteiger partial charge in [0.15, 0.2) is 0 Å². The monoisotopic (exact) mass is 433 g/mol. The van der Waals surface area contributed by atoms with E-state index in [1.54, 1.807) is 0 Å². The predicted molar refractivity (Wildman–Crippen MR) is 123 cm³/mol. The number of oxime groups is 1. The molecule has 0 radical (unpaired) electrons. The van der Waals surface area contributed by atoms with E-state index in [0.717, 1.165) is 5.56 Å². The molecule has 0 saturated heterocycles. The normalized spacial score (nSPS) is 12.3. The predicted octanol–water partition coefficient (Wildman–Crippen LogP) is 7.28. The lowest BCUT2D eigenvalue weighted by Gasteiger charge is -2.42. The van der Waals surface area contributed by atoms with Crippen molar-refractivity contribution in [1.82, 2.24) is 0 Å².